The Labute approximate surface area is 121 Å². The Morgan fingerprint density at radius 1 is 1.40 bits per heavy atom. The van der Waals surface area contributed by atoms with Gasteiger partial charge in [0.2, 0.25) is 0 Å². The van der Waals surface area contributed by atoms with Gasteiger partial charge in [0.1, 0.15) is 0 Å². The highest BCUT2D eigenvalue weighted by atomic mass is 79.9. The van der Waals surface area contributed by atoms with Crippen LogP contribution in [0.5, 0.6) is 0 Å². The molecule has 7 heteroatoms. The number of nitrogens with zero attached hydrogens (tertiary/aromatic N) is 2. The van der Waals surface area contributed by atoms with Crippen LogP contribution in [0.2, 0.25) is 0 Å². The maximum absolute atomic E-state index is 13.2. The van der Waals surface area contributed by atoms with E-state index in [0.29, 0.717) is 22.8 Å². The van der Waals surface area contributed by atoms with Gasteiger partial charge in [-0.05, 0) is 31.9 Å². The van der Waals surface area contributed by atoms with E-state index in [4.69, 9.17) is 0 Å². The van der Waals surface area contributed by atoms with Crippen molar-refractivity contribution in [3.8, 4) is 0 Å². The molecular formula is C13H12BrF3N2O. The highest BCUT2D eigenvalue weighted by Gasteiger charge is 2.42. The number of hydrogen-bond donors (Lipinski definition) is 1. The summed E-state index contributed by atoms with van der Waals surface area (Å²) in [6, 6.07) is 2.49. The van der Waals surface area contributed by atoms with Gasteiger partial charge in [-0.3, -0.25) is 0 Å². The second kappa shape index (κ2) is 4.21. The Hall–Kier alpha value is -1.08. The average molecular weight is 349 g/mol. The van der Waals surface area contributed by atoms with Crippen molar-refractivity contribution >= 4 is 27.0 Å². The van der Waals surface area contributed by atoms with Crippen molar-refractivity contribution in [1.82, 2.24) is 9.55 Å². The van der Waals surface area contributed by atoms with E-state index in [0.717, 1.165) is 6.07 Å². The third kappa shape index (κ3) is 2.22. The molecule has 0 spiro atoms. The Morgan fingerprint density at radius 2 is 2.05 bits per heavy atom. The molecule has 2 aromatic rings. The molecule has 3 nitrogen and oxygen atoms in total. The number of aliphatic hydroxyl groups is 1. The minimum Gasteiger partial charge on any atom is -0.390 e. The smallest absolute Gasteiger partial charge is 0.390 e. The van der Waals surface area contributed by atoms with Crippen LogP contribution in [-0.2, 0) is 6.18 Å². The lowest BCUT2D eigenvalue weighted by Crippen LogP contribution is -2.41. The van der Waals surface area contributed by atoms with Gasteiger partial charge in [-0.15, -0.1) is 0 Å². The van der Waals surface area contributed by atoms with E-state index in [1.165, 1.54) is 10.9 Å². The SMILES string of the molecule is C[C@]1(O)C[C@@H](n2cnc3cc(Br)cc(C(F)(F)F)c32)C1. The van der Waals surface area contributed by atoms with Gasteiger partial charge in [0.25, 0.3) is 0 Å². The molecule has 1 fully saturated rings. The minimum atomic E-state index is -4.44. The third-order valence-electron chi connectivity index (χ3n) is 3.68. The lowest BCUT2D eigenvalue weighted by Gasteiger charge is -2.41. The number of rotatable bonds is 1. The zero-order valence-electron chi connectivity index (χ0n) is 10.6. The Balaban J connectivity index is 2.16. The van der Waals surface area contributed by atoms with Crippen LogP contribution in [-0.4, -0.2) is 20.3 Å². The molecule has 1 aromatic carbocycles. The summed E-state index contributed by atoms with van der Waals surface area (Å²) in [5, 5.41) is 9.76. The van der Waals surface area contributed by atoms with E-state index in [2.05, 4.69) is 20.9 Å². The second-order valence-electron chi connectivity index (χ2n) is 5.53. The van der Waals surface area contributed by atoms with Gasteiger partial charge in [0, 0.05) is 10.5 Å². The van der Waals surface area contributed by atoms with Gasteiger partial charge in [-0.25, -0.2) is 4.98 Å². The van der Waals surface area contributed by atoms with Gasteiger partial charge in [-0.1, -0.05) is 15.9 Å². The molecule has 0 amide bonds. The predicted octanol–water partition coefficient (Wildman–Crippen LogP) is 3.90. The molecule has 0 aliphatic heterocycles. The first kappa shape index (κ1) is 13.9. The Kier molecular flexibility index (Phi) is 2.92. The highest BCUT2D eigenvalue weighted by Crippen LogP contribution is 2.44. The monoisotopic (exact) mass is 348 g/mol. The number of hydrogen-bond acceptors (Lipinski definition) is 2. The quantitative estimate of drug-likeness (QED) is 0.848. The standard InChI is InChI=1S/C13H12BrF3N2O/c1-12(20)4-8(5-12)19-6-18-10-3-7(14)2-9(11(10)19)13(15,16)17/h2-3,6,8,20H,4-5H2,1H3/t8-,12+. The van der Waals surface area contributed by atoms with Crippen molar-refractivity contribution < 1.29 is 18.3 Å². The fraction of sp³-hybridized carbons (Fsp3) is 0.462. The number of imidazole rings is 1. The molecule has 1 aromatic heterocycles. The molecule has 0 saturated heterocycles. The fourth-order valence-electron chi connectivity index (χ4n) is 2.78. The van der Waals surface area contributed by atoms with Crippen molar-refractivity contribution in [3.63, 3.8) is 0 Å². The van der Waals surface area contributed by atoms with Gasteiger partial charge < -0.3 is 9.67 Å². The van der Waals surface area contributed by atoms with E-state index in [9.17, 15) is 18.3 Å². The van der Waals surface area contributed by atoms with Crippen molar-refractivity contribution in [2.75, 3.05) is 0 Å². The summed E-state index contributed by atoms with van der Waals surface area (Å²) in [6.07, 6.45) is -2.14. The number of fused-ring (bicyclic) bond motifs is 1. The topological polar surface area (TPSA) is 38.0 Å². The third-order valence-corrected chi connectivity index (χ3v) is 4.14. The minimum absolute atomic E-state index is 0.0844. The van der Waals surface area contributed by atoms with Gasteiger partial charge >= 0.3 is 6.18 Å². The average Bonchev–Trinajstić information content (AvgIpc) is 2.66. The second-order valence-corrected chi connectivity index (χ2v) is 6.45. The summed E-state index contributed by atoms with van der Waals surface area (Å²) >= 11 is 3.08. The van der Waals surface area contributed by atoms with Crippen LogP contribution in [0.25, 0.3) is 11.0 Å². The number of alkyl halides is 3. The number of halogens is 4. The van der Waals surface area contributed by atoms with E-state index in [1.54, 1.807) is 13.0 Å². The molecular weight excluding hydrogens is 337 g/mol. The van der Waals surface area contributed by atoms with E-state index in [1.807, 2.05) is 0 Å². The first-order valence-electron chi connectivity index (χ1n) is 6.13. The number of benzene rings is 1. The van der Waals surface area contributed by atoms with Crippen LogP contribution in [0.4, 0.5) is 13.2 Å². The number of aromatic nitrogens is 2. The largest absolute Gasteiger partial charge is 0.418 e. The van der Waals surface area contributed by atoms with Gasteiger partial charge in [-0.2, -0.15) is 13.2 Å². The van der Waals surface area contributed by atoms with Crippen molar-refractivity contribution in [3.05, 3.63) is 28.5 Å². The van der Waals surface area contributed by atoms with Crippen LogP contribution in [0.15, 0.2) is 22.9 Å². The van der Waals surface area contributed by atoms with Crippen LogP contribution in [0, 0.1) is 0 Å². The van der Waals surface area contributed by atoms with Crippen LogP contribution in [0.3, 0.4) is 0 Å². The first-order chi connectivity index (χ1) is 9.17. The summed E-state index contributed by atoms with van der Waals surface area (Å²) < 4.78 is 41.4. The van der Waals surface area contributed by atoms with Crippen LogP contribution in [0.1, 0.15) is 31.4 Å². The highest BCUT2D eigenvalue weighted by molar-refractivity contribution is 9.10. The lowest BCUT2D eigenvalue weighted by atomic mass is 9.77. The van der Waals surface area contributed by atoms with E-state index >= 15 is 0 Å². The molecule has 20 heavy (non-hydrogen) atoms. The molecule has 1 heterocycles. The van der Waals surface area contributed by atoms with Gasteiger partial charge in [0.15, 0.2) is 0 Å². The van der Waals surface area contributed by atoms with E-state index < -0.39 is 17.3 Å². The summed E-state index contributed by atoms with van der Waals surface area (Å²) in [5.74, 6) is 0. The van der Waals surface area contributed by atoms with Crippen molar-refractivity contribution in [1.29, 1.82) is 0 Å². The molecule has 1 aliphatic rings. The molecule has 0 bridgehead atoms. The maximum Gasteiger partial charge on any atom is 0.418 e. The summed E-state index contributed by atoms with van der Waals surface area (Å²) in [7, 11) is 0. The Morgan fingerprint density at radius 3 is 2.60 bits per heavy atom. The normalized spacial score (nSPS) is 26.8. The molecule has 1 N–H and O–H groups in total. The van der Waals surface area contributed by atoms with E-state index in [-0.39, 0.29) is 11.6 Å². The molecule has 1 aliphatic carbocycles. The predicted molar refractivity (Wildman–Crippen MR) is 71.3 cm³/mol. The molecule has 108 valence electrons. The molecule has 1 saturated carbocycles. The lowest BCUT2D eigenvalue weighted by molar-refractivity contribution is -0.136. The molecule has 0 radical (unpaired) electrons. The van der Waals surface area contributed by atoms with Crippen molar-refractivity contribution in [2.45, 2.75) is 37.6 Å². The van der Waals surface area contributed by atoms with Crippen molar-refractivity contribution in [2.24, 2.45) is 0 Å². The summed E-state index contributed by atoms with van der Waals surface area (Å²) in [6.45, 7) is 1.68. The summed E-state index contributed by atoms with van der Waals surface area (Å²) in [4.78, 5) is 4.06. The maximum atomic E-state index is 13.2. The summed E-state index contributed by atoms with van der Waals surface area (Å²) in [5.41, 5.74) is -1.11. The zero-order valence-corrected chi connectivity index (χ0v) is 12.2. The first-order valence-corrected chi connectivity index (χ1v) is 6.92. The van der Waals surface area contributed by atoms with Crippen LogP contribution >= 0.6 is 15.9 Å². The molecule has 3 rings (SSSR count). The van der Waals surface area contributed by atoms with Gasteiger partial charge in [0.05, 0.1) is 28.5 Å². The van der Waals surface area contributed by atoms with Crippen LogP contribution < -0.4 is 0 Å². The molecule has 0 atom stereocenters. The Bertz CT molecular complexity index is 670. The molecule has 0 unspecified atom stereocenters. The zero-order chi connectivity index (χ0) is 14.7. The fourth-order valence-corrected chi connectivity index (χ4v) is 3.23.